The third-order valence-corrected chi connectivity index (χ3v) is 7.31. The van der Waals surface area contributed by atoms with Crippen LogP contribution in [0, 0.1) is 12.8 Å². The smallest absolute Gasteiger partial charge is 0.308 e. The maximum absolute atomic E-state index is 13.3. The van der Waals surface area contributed by atoms with E-state index in [1.54, 1.807) is 30.5 Å². The lowest BCUT2D eigenvalue weighted by molar-refractivity contribution is -0.142. The summed E-state index contributed by atoms with van der Waals surface area (Å²) in [7, 11) is -3.75. The molecule has 1 aromatic heterocycles. The van der Waals surface area contributed by atoms with Gasteiger partial charge >= 0.3 is 5.97 Å². The molecule has 24 heavy (non-hydrogen) atoms. The number of benzene rings is 1. The molecule has 2 aliphatic heterocycles. The molecule has 0 amide bonds. The lowest BCUT2D eigenvalue weighted by Crippen LogP contribution is -2.37. The Balaban J connectivity index is 1.86. The molecule has 6 nitrogen and oxygen atoms in total. The van der Waals surface area contributed by atoms with Gasteiger partial charge in [-0.15, -0.1) is 0 Å². The number of carbonyl (C=O) groups is 1. The molecule has 1 N–H and O–H groups in total. The normalized spacial score (nSPS) is 27.0. The number of sulfonamides is 1. The fraction of sp³-hybridized carbons (Fsp3) is 0.412. The molecule has 2 aromatic rings. The van der Waals surface area contributed by atoms with Gasteiger partial charge in [0.05, 0.1) is 16.3 Å². The number of carboxylic acid groups (broad SMARTS) is 1. The molecular formula is C17H18N2O4S. The Labute approximate surface area is 140 Å². The van der Waals surface area contributed by atoms with Crippen LogP contribution in [0.2, 0.25) is 0 Å². The first-order valence-electron chi connectivity index (χ1n) is 8.02. The van der Waals surface area contributed by atoms with Gasteiger partial charge in [-0.1, -0.05) is 6.07 Å². The Kier molecular flexibility index (Phi) is 3.40. The van der Waals surface area contributed by atoms with Gasteiger partial charge in [0.15, 0.2) is 0 Å². The summed E-state index contributed by atoms with van der Waals surface area (Å²) < 4.78 is 28.0. The van der Waals surface area contributed by atoms with E-state index < -0.39 is 28.0 Å². The largest absolute Gasteiger partial charge is 0.481 e. The van der Waals surface area contributed by atoms with Crippen molar-refractivity contribution in [3.63, 3.8) is 0 Å². The van der Waals surface area contributed by atoms with Crippen LogP contribution in [0.3, 0.4) is 0 Å². The average Bonchev–Trinajstić information content (AvgIpc) is 3.14. The second-order valence-corrected chi connectivity index (χ2v) is 8.41. The van der Waals surface area contributed by atoms with Gasteiger partial charge in [-0.3, -0.25) is 9.78 Å². The minimum Gasteiger partial charge on any atom is -0.481 e. The standard InChI is InChI=1S/C17H18N2O4S/c1-10-4-7-15(12-3-2-8-18-16(10)12)24(22,23)19-11-5-6-14(19)13(9-11)17(20)21/h2-4,7-8,11,13-14H,5-6,9H2,1H3,(H,20,21). The van der Waals surface area contributed by atoms with E-state index in [1.165, 1.54) is 4.31 Å². The molecule has 0 radical (unpaired) electrons. The number of fused-ring (bicyclic) bond motifs is 3. The van der Waals surface area contributed by atoms with Crippen LogP contribution in [0.25, 0.3) is 10.9 Å². The summed E-state index contributed by atoms with van der Waals surface area (Å²) in [5.41, 5.74) is 1.58. The van der Waals surface area contributed by atoms with Gasteiger partial charge in [-0.05, 0) is 49.9 Å². The van der Waals surface area contributed by atoms with E-state index in [0.717, 1.165) is 12.0 Å². The van der Waals surface area contributed by atoms with Crippen molar-refractivity contribution in [3.8, 4) is 0 Å². The Bertz CT molecular complexity index is 941. The molecule has 4 rings (SSSR count). The molecule has 0 spiro atoms. The van der Waals surface area contributed by atoms with E-state index in [9.17, 15) is 18.3 Å². The Morgan fingerprint density at radius 3 is 2.79 bits per heavy atom. The zero-order valence-corrected chi connectivity index (χ0v) is 14.0. The monoisotopic (exact) mass is 346 g/mol. The van der Waals surface area contributed by atoms with Crippen molar-refractivity contribution in [1.82, 2.24) is 9.29 Å². The minimum absolute atomic E-state index is 0.214. The van der Waals surface area contributed by atoms with Crippen LogP contribution in [0.15, 0.2) is 35.4 Å². The van der Waals surface area contributed by atoms with E-state index in [0.29, 0.717) is 23.7 Å². The summed E-state index contributed by atoms with van der Waals surface area (Å²) in [4.78, 5) is 15.9. The van der Waals surface area contributed by atoms with Crippen molar-refractivity contribution >= 4 is 26.9 Å². The van der Waals surface area contributed by atoms with E-state index in [1.807, 2.05) is 6.92 Å². The average molecular weight is 346 g/mol. The molecule has 2 bridgehead atoms. The molecule has 3 atom stereocenters. The van der Waals surface area contributed by atoms with Crippen molar-refractivity contribution < 1.29 is 18.3 Å². The lowest BCUT2D eigenvalue weighted by Gasteiger charge is -2.23. The number of rotatable bonds is 3. The number of aliphatic carboxylic acids is 1. The second-order valence-electron chi connectivity index (χ2n) is 6.59. The van der Waals surface area contributed by atoms with Crippen LogP contribution < -0.4 is 0 Å². The highest BCUT2D eigenvalue weighted by Gasteiger charge is 2.54. The van der Waals surface area contributed by atoms with Crippen molar-refractivity contribution in [2.24, 2.45) is 5.92 Å². The molecule has 0 saturated carbocycles. The van der Waals surface area contributed by atoms with Gasteiger partial charge < -0.3 is 5.11 Å². The van der Waals surface area contributed by atoms with Crippen LogP contribution in [0.1, 0.15) is 24.8 Å². The summed E-state index contributed by atoms with van der Waals surface area (Å²) in [6, 6.07) is 6.20. The third-order valence-electron chi connectivity index (χ3n) is 5.28. The molecule has 3 unspecified atom stereocenters. The maximum atomic E-state index is 13.3. The van der Waals surface area contributed by atoms with Crippen LogP contribution in [-0.4, -0.2) is 40.9 Å². The van der Waals surface area contributed by atoms with Crippen LogP contribution >= 0.6 is 0 Å². The number of nitrogens with zero attached hydrogens (tertiary/aromatic N) is 2. The molecule has 0 aliphatic carbocycles. The number of carboxylic acids is 1. The van der Waals surface area contributed by atoms with E-state index in [4.69, 9.17) is 0 Å². The van der Waals surface area contributed by atoms with Crippen LogP contribution in [0.5, 0.6) is 0 Å². The van der Waals surface area contributed by atoms with Gasteiger partial charge in [0.25, 0.3) is 0 Å². The predicted molar refractivity (Wildman–Crippen MR) is 88.1 cm³/mol. The highest BCUT2D eigenvalue weighted by atomic mass is 32.2. The lowest BCUT2D eigenvalue weighted by atomic mass is 9.89. The summed E-state index contributed by atoms with van der Waals surface area (Å²) in [5.74, 6) is -1.51. The van der Waals surface area contributed by atoms with Crippen molar-refractivity contribution in [3.05, 3.63) is 36.0 Å². The van der Waals surface area contributed by atoms with Gasteiger partial charge in [-0.25, -0.2) is 8.42 Å². The molecule has 126 valence electrons. The zero-order valence-electron chi connectivity index (χ0n) is 13.2. The Morgan fingerprint density at radius 2 is 2.08 bits per heavy atom. The summed E-state index contributed by atoms with van der Waals surface area (Å²) in [5, 5.41) is 9.96. The summed E-state index contributed by atoms with van der Waals surface area (Å²) in [6.07, 6.45) is 3.39. The summed E-state index contributed by atoms with van der Waals surface area (Å²) >= 11 is 0. The fourth-order valence-corrected chi connectivity index (χ4v) is 6.31. The van der Waals surface area contributed by atoms with E-state index in [-0.39, 0.29) is 10.9 Å². The Morgan fingerprint density at radius 1 is 1.29 bits per heavy atom. The van der Waals surface area contributed by atoms with Gasteiger partial charge in [0.2, 0.25) is 10.0 Å². The first-order valence-corrected chi connectivity index (χ1v) is 9.46. The Hall–Kier alpha value is -1.99. The third kappa shape index (κ3) is 2.08. The van der Waals surface area contributed by atoms with Crippen molar-refractivity contribution in [1.29, 1.82) is 0 Å². The van der Waals surface area contributed by atoms with Crippen LogP contribution in [0.4, 0.5) is 0 Å². The molecule has 2 aliphatic rings. The molecule has 3 heterocycles. The topological polar surface area (TPSA) is 87.6 Å². The SMILES string of the molecule is Cc1ccc(S(=O)(=O)N2C3CCC2C(C(=O)O)C3)c2cccnc12. The maximum Gasteiger partial charge on any atom is 0.308 e. The first-order chi connectivity index (χ1) is 11.4. The van der Waals surface area contributed by atoms with Gasteiger partial charge in [0, 0.05) is 23.7 Å². The quantitative estimate of drug-likeness (QED) is 0.920. The molecular weight excluding hydrogens is 328 g/mol. The van der Waals surface area contributed by atoms with E-state index >= 15 is 0 Å². The van der Waals surface area contributed by atoms with E-state index in [2.05, 4.69) is 4.98 Å². The van der Waals surface area contributed by atoms with Crippen LogP contribution in [-0.2, 0) is 14.8 Å². The molecule has 2 fully saturated rings. The number of pyridine rings is 1. The second kappa shape index (κ2) is 5.26. The predicted octanol–water partition coefficient (Wildman–Crippen LogP) is 2.17. The first kappa shape index (κ1) is 15.5. The number of hydrogen-bond donors (Lipinski definition) is 1. The fourth-order valence-electron chi connectivity index (χ4n) is 4.21. The molecule has 7 heteroatoms. The van der Waals surface area contributed by atoms with Crippen molar-refractivity contribution in [2.75, 3.05) is 0 Å². The molecule has 2 saturated heterocycles. The summed E-state index contributed by atoms with van der Waals surface area (Å²) in [6.45, 7) is 1.89. The van der Waals surface area contributed by atoms with Gasteiger partial charge in [-0.2, -0.15) is 4.31 Å². The number of aryl methyl sites for hydroxylation is 1. The number of hydrogen-bond acceptors (Lipinski definition) is 4. The van der Waals surface area contributed by atoms with Crippen molar-refractivity contribution in [2.45, 2.75) is 43.2 Å². The number of aromatic nitrogens is 1. The minimum atomic E-state index is -3.75. The van der Waals surface area contributed by atoms with Gasteiger partial charge in [0.1, 0.15) is 0 Å². The zero-order chi connectivity index (χ0) is 17.1. The highest BCUT2D eigenvalue weighted by molar-refractivity contribution is 7.89. The molecule has 1 aromatic carbocycles. The highest BCUT2D eigenvalue weighted by Crippen LogP contribution is 2.45.